The van der Waals surface area contributed by atoms with Crippen molar-refractivity contribution in [3.63, 3.8) is 0 Å². The van der Waals surface area contributed by atoms with Crippen LogP contribution in [0.5, 0.6) is 0 Å². The summed E-state index contributed by atoms with van der Waals surface area (Å²) in [5, 5.41) is 8.30. The molecule has 0 aliphatic carbocycles. The predicted octanol–water partition coefficient (Wildman–Crippen LogP) is 4.44. The van der Waals surface area contributed by atoms with Crippen molar-refractivity contribution in [2.75, 3.05) is 11.9 Å². The molecule has 21 heavy (non-hydrogen) atoms. The van der Waals surface area contributed by atoms with Crippen molar-refractivity contribution in [2.45, 2.75) is 19.9 Å². The average Bonchev–Trinajstić information content (AvgIpc) is 2.95. The standard InChI is InChI=1S/C16H19BrN2OS/c1-11(2)16(14-4-3-9-21-14)18-10-15(20)19-13-7-5-12(17)6-8-13/h3-9,11,16,18H,10H2,1-2H3,(H,19,20). The minimum Gasteiger partial charge on any atom is -0.325 e. The van der Waals surface area contributed by atoms with E-state index >= 15 is 0 Å². The van der Waals surface area contributed by atoms with Crippen LogP contribution in [-0.4, -0.2) is 12.5 Å². The summed E-state index contributed by atoms with van der Waals surface area (Å²) in [5.74, 6) is 0.406. The minimum atomic E-state index is -0.0282. The van der Waals surface area contributed by atoms with Crippen molar-refractivity contribution in [2.24, 2.45) is 5.92 Å². The number of thiophene rings is 1. The number of hydrogen-bond donors (Lipinski definition) is 2. The van der Waals surface area contributed by atoms with Gasteiger partial charge in [0, 0.05) is 21.1 Å². The molecule has 2 aromatic rings. The Kier molecular flexibility index (Phi) is 5.96. The highest BCUT2D eigenvalue weighted by molar-refractivity contribution is 9.10. The Bertz CT molecular complexity index is 566. The third kappa shape index (κ3) is 4.95. The van der Waals surface area contributed by atoms with Gasteiger partial charge in [-0.3, -0.25) is 4.79 Å². The molecule has 1 aromatic heterocycles. The van der Waals surface area contributed by atoms with E-state index in [9.17, 15) is 4.79 Å². The largest absolute Gasteiger partial charge is 0.325 e. The lowest BCUT2D eigenvalue weighted by molar-refractivity contribution is -0.115. The fourth-order valence-corrected chi connectivity index (χ4v) is 3.31. The first-order chi connectivity index (χ1) is 10.1. The zero-order chi connectivity index (χ0) is 15.2. The number of halogens is 1. The molecule has 2 rings (SSSR count). The molecule has 1 aromatic carbocycles. The van der Waals surface area contributed by atoms with Gasteiger partial charge in [-0.2, -0.15) is 0 Å². The van der Waals surface area contributed by atoms with Crippen LogP contribution in [0, 0.1) is 5.92 Å². The van der Waals surface area contributed by atoms with Gasteiger partial charge in [-0.1, -0.05) is 35.8 Å². The highest BCUT2D eigenvalue weighted by atomic mass is 79.9. The number of nitrogens with one attached hydrogen (secondary N) is 2. The zero-order valence-electron chi connectivity index (χ0n) is 12.1. The molecule has 1 heterocycles. The van der Waals surface area contributed by atoms with Crippen LogP contribution in [0.4, 0.5) is 5.69 Å². The van der Waals surface area contributed by atoms with Crippen LogP contribution in [0.1, 0.15) is 24.8 Å². The van der Waals surface area contributed by atoms with Crippen LogP contribution in [0.25, 0.3) is 0 Å². The number of anilines is 1. The van der Waals surface area contributed by atoms with E-state index in [1.165, 1.54) is 4.88 Å². The third-order valence-corrected chi connectivity index (χ3v) is 4.61. The van der Waals surface area contributed by atoms with E-state index in [0.717, 1.165) is 10.2 Å². The summed E-state index contributed by atoms with van der Waals surface area (Å²) in [6.07, 6.45) is 0. The minimum absolute atomic E-state index is 0.0282. The van der Waals surface area contributed by atoms with Crippen molar-refractivity contribution in [1.82, 2.24) is 5.32 Å². The number of carbonyl (C=O) groups excluding carboxylic acids is 1. The molecule has 0 aliphatic heterocycles. The third-order valence-electron chi connectivity index (χ3n) is 3.13. The van der Waals surface area contributed by atoms with Crippen molar-refractivity contribution in [1.29, 1.82) is 0 Å². The summed E-state index contributed by atoms with van der Waals surface area (Å²) in [6.45, 7) is 4.62. The fourth-order valence-electron chi connectivity index (χ4n) is 2.07. The Balaban J connectivity index is 1.89. The first-order valence-corrected chi connectivity index (χ1v) is 8.55. The van der Waals surface area contributed by atoms with E-state index in [1.807, 2.05) is 30.3 Å². The molecule has 1 unspecified atom stereocenters. The van der Waals surface area contributed by atoms with Crippen molar-refractivity contribution < 1.29 is 4.79 Å². The van der Waals surface area contributed by atoms with E-state index in [0.29, 0.717) is 12.5 Å². The molecule has 0 saturated heterocycles. The van der Waals surface area contributed by atoms with Gasteiger partial charge in [-0.05, 0) is 41.6 Å². The van der Waals surface area contributed by atoms with Gasteiger partial charge in [-0.15, -0.1) is 11.3 Å². The van der Waals surface area contributed by atoms with Gasteiger partial charge in [0.25, 0.3) is 0 Å². The normalized spacial score (nSPS) is 12.4. The second-order valence-electron chi connectivity index (χ2n) is 5.17. The molecular formula is C16H19BrN2OS. The summed E-state index contributed by atoms with van der Waals surface area (Å²) in [4.78, 5) is 13.3. The number of amides is 1. The molecule has 112 valence electrons. The van der Waals surface area contributed by atoms with E-state index in [1.54, 1.807) is 11.3 Å². The Labute approximate surface area is 137 Å². The van der Waals surface area contributed by atoms with Gasteiger partial charge in [0.05, 0.1) is 6.54 Å². The van der Waals surface area contributed by atoms with Crippen molar-refractivity contribution in [3.8, 4) is 0 Å². The van der Waals surface area contributed by atoms with Crippen molar-refractivity contribution in [3.05, 3.63) is 51.1 Å². The molecule has 5 heteroatoms. The van der Waals surface area contributed by atoms with E-state index in [4.69, 9.17) is 0 Å². The summed E-state index contributed by atoms with van der Waals surface area (Å²) >= 11 is 5.09. The van der Waals surface area contributed by atoms with E-state index < -0.39 is 0 Å². The number of hydrogen-bond acceptors (Lipinski definition) is 3. The maximum atomic E-state index is 12.0. The number of carbonyl (C=O) groups is 1. The van der Waals surface area contributed by atoms with Gasteiger partial charge in [0.1, 0.15) is 0 Å². The highest BCUT2D eigenvalue weighted by Gasteiger charge is 2.17. The molecule has 3 nitrogen and oxygen atoms in total. The smallest absolute Gasteiger partial charge is 0.238 e. The fraction of sp³-hybridized carbons (Fsp3) is 0.312. The van der Waals surface area contributed by atoms with Crippen LogP contribution in [0.2, 0.25) is 0 Å². The maximum Gasteiger partial charge on any atom is 0.238 e. The van der Waals surface area contributed by atoms with Gasteiger partial charge in [-0.25, -0.2) is 0 Å². The number of rotatable bonds is 6. The quantitative estimate of drug-likeness (QED) is 0.793. The number of benzene rings is 1. The van der Waals surface area contributed by atoms with Crippen LogP contribution in [0.3, 0.4) is 0 Å². The summed E-state index contributed by atoms with van der Waals surface area (Å²) in [7, 11) is 0. The van der Waals surface area contributed by atoms with Crippen molar-refractivity contribution >= 4 is 38.9 Å². The molecule has 0 aliphatic rings. The van der Waals surface area contributed by atoms with Crippen LogP contribution in [-0.2, 0) is 4.79 Å². The molecular weight excluding hydrogens is 348 g/mol. The Morgan fingerprint density at radius 2 is 1.95 bits per heavy atom. The van der Waals surface area contributed by atoms with Gasteiger partial charge >= 0.3 is 0 Å². The Hall–Kier alpha value is -1.17. The lowest BCUT2D eigenvalue weighted by Gasteiger charge is -2.21. The summed E-state index contributed by atoms with van der Waals surface area (Å²) < 4.78 is 0.996. The lowest BCUT2D eigenvalue weighted by atomic mass is 10.0. The molecule has 2 N–H and O–H groups in total. The van der Waals surface area contributed by atoms with Gasteiger partial charge < -0.3 is 10.6 Å². The van der Waals surface area contributed by atoms with Crippen LogP contribution in [0.15, 0.2) is 46.3 Å². The molecule has 0 bridgehead atoms. The zero-order valence-corrected chi connectivity index (χ0v) is 14.5. The topological polar surface area (TPSA) is 41.1 Å². The summed E-state index contributed by atoms with van der Waals surface area (Å²) in [6, 6.07) is 11.9. The molecule has 0 spiro atoms. The average molecular weight is 367 g/mol. The first-order valence-electron chi connectivity index (χ1n) is 6.88. The molecule has 1 atom stereocenters. The maximum absolute atomic E-state index is 12.0. The lowest BCUT2D eigenvalue weighted by Crippen LogP contribution is -2.33. The van der Waals surface area contributed by atoms with Crippen LogP contribution >= 0.6 is 27.3 Å². The molecule has 0 saturated carbocycles. The van der Waals surface area contributed by atoms with E-state index in [-0.39, 0.29) is 11.9 Å². The highest BCUT2D eigenvalue weighted by Crippen LogP contribution is 2.25. The Morgan fingerprint density at radius 3 is 2.52 bits per heavy atom. The predicted molar refractivity (Wildman–Crippen MR) is 92.7 cm³/mol. The van der Waals surface area contributed by atoms with Crippen LogP contribution < -0.4 is 10.6 Å². The van der Waals surface area contributed by atoms with Gasteiger partial charge in [0.2, 0.25) is 5.91 Å². The SMILES string of the molecule is CC(C)C(NCC(=O)Nc1ccc(Br)cc1)c1cccs1. The molecule has 1 amide bonds. The molecule has 0 radical (unpaired) electrons. The Morgan fingerprint density at radius 1 is 1.24 bits per heavy atom. The van der Waals surface area contributed by atoms with E-state index in [2.05, 4.69) is 51.9 Å². The second kappa shape index (κ2) is 7.73. The van der Waals surface area contributed by atoms with Gasteiger partial charge in [0.15, 0.2) is 0 Å². The first kappa shape index (κ1) is 16.2. The summed E-state index contributed by atoms with van der Waals surface area (Å²) in [5.41, 5.74) is 0.808. The second-order valence-corrected chi connectivity index (χ2v) is 7.07. The molecule has 0 fully saturated rings. The monoisotopic (exact) mass is 366 g/mol.